The lowest BCUT2D eigenvalue weighted by atomic mass is 9.99. The molecule has 0 spiro atoms. The minimum atomic E-state index is 0.512. The van der Waals surface area contributed by atoms with Gasteiger partial charge in [0.1, 0.15) is 0 Å². The SMILES string of the molecule is CCN1CCCC(c2nc(CC(C)NC)cs2)C1. The van der Waals surface area contributed by atoms with Crippen LogP contribution in [0.4, 0.5) is 0 Å². The van der Waals surface area contributed by atoms with Crippen molar-refractivity contribution in [2.45, 2.75) is 45.1 Å². The molecule has 3 nitrogen and oxygen atoms in total. The molecule has 2 rings (SSSR count). The molecule has 1 aromatic heterocycles. The molecule has 0 bridgehead atoms. The number of likely N-dealkylation sites (N-methyl/N-ethyl adjacent to an activating group) is 2. The third kappa shape index (κ3) is 3.53. The van der Waals surface area contributed by atoms with Crippen molar-refractivity contribution in [2.24, 2.45) is 0 Å². The summed E-state index contributed by atoms with van der Waals surface area (Å²) in [4.78, 5) is 7.39. The summed E-state index contributed by atoms with van der Waals surface area (Å²) >= 11 is 1.86. The zero-order valence-corrected chi connectivity index (χ0v) is 12.6. The van der Waals surface area contributed by atoms with E-state index in [9.17, 15) is 0 Å². The molecule has 1 N–H and O–H groups in total. The van der Waals surface area contributed by atoms with Gasteiger partial charge in [0, 0.05) is 30.3 Å². The van der Waals surface area contributed by atoms with Gasteiger partial charge in [-0.2, -0.15) is 0 Å². The Balaban J connectivity index is 1.96. The van der Waals surface area contributed by atoms with E-state index in [1.807, 2.05) is 18.4 Å². The van der Waals surface area contributed by atoms with E-state index in [-0.39, 0.29) is 0 Å². The van der Waals surface area contributed by atoms with Gasteiger partial charge in [-0.25, -0.2) is 4.98 Å². The number of piperidine rings is 1. The lowest BCUT2D eigenvalue weighted by Crippen LogP contribution is -2.34. The number of hydrogen-bond acceptors (Lipinski definition) is 4. The van der Waals surface area contributed by atoms with Crippen LogP contribution in [0.25, 0.3) is 0 Å². The van der Waals surface area contributed by atoms with Gasteiger partial charge >= 0.3 is 0 Å². The van der Waals surface area contributed by atoms with Crippen LogP contribution in [0.2, 0.25) is 0 Å². The highest BCUT2D eigenvalue weighted by Gasteiger charge is 2.22. The smallest absolute Gasteiger partial charge is 0.0972 e. The molecule has 1 saturated heterocycles. The molecule has 0 saturated carbocycles. The Morgan fingerprint density at radius 2 is 2.44 bits per heavy atom. The number of aromatic nitrogens is 1. The quantitative estimate of drug-likeness (QED) is 0.888. The molecule has 0 aliphatic carbocycles. The van der Waals surface area contributed by atoms with Crippen LogP contribution < -0.4 is 5.32 Å². The Hall–Kier alpha value is -0.450. The lowest BCUT2D eigenvalue weighted by Gasteiger charge is -2.30. The first-order chi connectivity index (χ1) is 8.72. The van der Waals surface area contributed by atoms with Crippen LogP contribution in [-0.4, -0.2) is 42.6 Å². The summed E-state index contributed by atoms with van der Waals surface area (Å²) in [5.74, 6) is 0.669. The normalized spacial score (nSPS) is 23.2. The van der Waals surface area contributed by atoms with Gasteiger partial charge in [0.2, 0.25) is 0 Å². The van der Waals surface area contributed by atoms with Crippen molar-refractivity contribution in [2.75, 3.05) is 26.7 Å². The summed E-state index contributed by atoms with van der Waals surface area (Å²) < 4.78 is 0. The van der Waals surface area contributed by atoms with Crippen molar-refractivity contribution in [1.82, 2.24) is 15.2 Å². The second-order valence-electron chi connectivity index (χ2n) is 5.30. The number of nitrogens with one attached hydrogen (secondary N) is 1. The van der Waals surface area contributed by atoms with E-state index in [0.717, 1.165) is 6.42 Å². The molecule has 2 atom stereocenters. The Labute approximate surface area is 115 Å². The largest absolute Gasteiger partial charge is 0.317 e. The maximum Gasteiger partial charge on any atom is 0.0972 e. The molecule has 1 aliphatic heterocycles. The van der Waals surface area contributed by atoms with Crippen molar-refractivity contribution in [3.8, 4) is 0 Å². The molecular formula is C14H25N3S. The first-order valence-corrected chi connectivity index (χ1v) is 7.94. The van der Waals surface area contributed by atoms with Crippen molar-refractivity contribution < 1.29 is 0 Å². The summed E-state index contributed by atoms with van der Waals surface area (Å²) in [6, 6.07) is 0.512. The average molecular weight is 267 g/mol. The Morgan fingerprint density at radius 3 is 3.17 bits per heavy atom. The average Bonchev–Trinajstić information content (AvgIpc) is 2.87. The molecular weight excluding hydrogens is 242 g/mol. The zero-order valence-electron chi connectivity index (χ0n) is 11.8. The van der Waals surface area contributed by atoms with Gasteiger partial charge in [-0.05, 0) is 39.9 Å². The zero-order chi connectivity index (χ0) is 13.0. The molecule has 2 unspecified atom stereocenters. The van der Waals surface area contributed by atoms with Gasteiger partial charge < -0.3 is 10.2 Å². The van der Waals surface area contributed by atoms with Gasteiger partial charge in [0.05, 0.1) is 10.7 Å². The fourth-order valence-corrected chi connectivity index (χ4v) is 3.52. The summed E-state index contributed by atoms with van der Waals surface area (Å²) in [6.45, 7) is 8.10. The molecule has 4 heteroatoms. The van der Waals surface area contributed by atoms with E-state index in [1.54, 1.807) is 0 Å². The third-order valence-electron chi connectivity index (χ3n) is 3.88. The number of thiazole rings is 1. The Morgan fingerprint density at radius 1 is 1.61 bits per heavy atom. The second kappa shape index (κ2) is 6.64. The van der Waals surface area contributed by atoms with Crippen molar-refractivity contribution in [1.29, 1.82) is 0 Å². The highest BCUT2D eigenvalue weighted by molar-refractivity contribution is 7.09. The van der Waals surface area contributed by atoms with Crippen LogP contribution in [0.5, 0.6) is 0 Å². The maximum absolute atomic E-state index is 4.84. The fourth-order valence-electron chi connectivity index (χ4n) is 2.56. The summed E-state index contributed by atoms with van der Waals surface area (Å²) in [5.41, 5.74) is 1.26. The molecule has 102 valence electrons. The predicted octanol–water partition coefficient (Wildman–Crippen LogP) is 2.49. The number of hydrogen-bond donors (Lipinski definition) is 1. The van der Waals surface area contributed by atoms with E-state index < -0.39 is 0 Å². The highest BCUT2D eigenvalue weighted by Crippen LogP contribution is 2.29. The summed E-state index contributed by atoms with van der Waals surface area (Å²) in [7, 11) is 2.01. The van der Waals surface area contributed by atoms with E-state index in [0.29, 0.717) is 12.0 Å². The predicted molar refractivity (Wildman–Crippen MR) is 78.4 cm³/mol. The van der Waals surface area contributed by atoms with Crippen LogP contribution in [0, 0.1) is 0 Å². The Bertz CT molecular complexity index is 364. The van der Waals surface area contributed by atoms with E-state index in [4.69, 9.17) is 4.98 Å². The maximum atomic E-state index is 4.84. The second-order valence-corrected chi connectivity index (χ2v) is 6.19. The summed E-state index contributed by atoms with van der Waals surface area (Å²) in [5, 5.41) is 6.87. The van der Waals surface area contributed by atoms with E-state index in [1.165, 1.54) is 43.2 Å². The molecule has 0 aromatic carbocycles. The van der Waals surface area contributed by atoms with E-state index >= 15 is 0 Å². The van der Waals surface area contributed by atoms with Crippen LogP contribution in [-0.2, 0) is 6.42 Å². The topological polar surface area (TPSA) is 28.2 Å². The van der Waals surface area contributed by atoms with Crippen LogP contribution >= 0.6 is 11.3 Å². The van der Waals surface area contributed by atoms with Crippen molar-refractivity contribution in [3.05, 3.63) is 16.1 Å². The first kappa shape index (κ1) is 14.0. The lowest BCUT2D eigenvalue weighted by molar-refractivity contribution is 0.217. The minimum Gasteiger partial charge on any atom is -0.317 e. The minimum absolute atomic E-state index is 0.512. The van der Waals surface area contributed by atoms with Gasteiger partial charge in [-0.15, -0.1) is 11.3 Å². The highest BCUT2D eigenvalue weighted by atomic mass is 32.1. The number of nitrogens with zero attached hydrogens (tertiary/aromatic N) is 2. The third-order valence-corrected chi connectivity index (χ3v) is 4.94. The molecule has 1 fully saturated rings. The fraction of sp³-hybridized carbons (Fsp3) is 0.786. The molecule has 0 radical (unpaired) electrons. The standard InChI is InChI=1S/C14H25N3S/c1-4-17-7-5-6-12(9-17)14-16-13(10-18-14)8-11(2)15-3/h10-12,15H,4-9H2,1-3H3. The monoisotopic (exact) mass is 267 g/mol. The van der Waals surface area contributed by atoms with Crippen molar-refractivity contribution >= 4 is 11.3 Å². The van der Waals surface area contributed by atoms with E-state index in [2.05, 4.69) is 29.4 Å². The molecule has 18 heavy (non-hydrogen) atoms. The van der Waals surface area contributed by atoms with Crippen LogP contribution in [0.1, 0.15) is 43.3 Å². The van der Waals surface area contributed by atoms with Crippen molar-refractivity contribution in [3.63, 3.8) is 0 Å². The first-order valence-electron chi connectivity index (χ1n) is 7.06. The molecule has 0 amide bonds. The van der Waals surface area contributed by atoms with Gasteiger partial charge in [0.25, 0.3) is 0 Å². The van der Waals surface area contributed by atoms with Gasteiger partial charge in [-0.3, -0.25) is 0 Å². The number of rotatable bonds is 5. The molecule has 2 heterocycles. The number of likely N-dealkylation sites (tertiary alicyclic amines) is 1. The summed E-state index contributed by atoms with van der Waals surface area (Å²) in [6.07, 6.45) is 3.67. The van der Waals surface area contributed by atoms with Crippen LogP contribution in [0.15, 0.2) is 5.38 Å². The van der Waals surface area contributed by atoms with Gasteiger partial charge in [0.15, 0.2) is 0 Å². The molecule has 1 aromatic rings. The Kier molecular flexibility index (Phi) is 5.15. The van der Waals surface area contributed by atoms with Gasteiger partial charge in [-0.1, -0.05) is 6.92 Å². The molecule has 1 aliphatic rings. The van der Waals surface area contributed by atoms with Crippen LogP contribution in [0.3, 0.4) is 0 Å².